The molecule has 0 spiro atoms. The lowest BCUT2D eigenvalue weighted by molar-refractivity contribution is 0.627. The molecular weight excluding hydrogens is 398 g/mol. The monoisotopic (exact) mass is 417 g/mol. The van der Waals surface area contributed by atoms with Gasteiger partial charge in [0.2, 0.25) is 0 Å². The predicted molar refractivity (Wildman–Crippen MR) is 119 cm³/mol. The average molecular weight is 418 g/mol. The van der Waals surface area contributed by atoms with Gasteiger partial charge >= 0.3 is 0 Å². The van der Waals surface area contributed by atoms with Gasteiger partial charge in [-0.1, -0.05) is 42.4 Å². The summed E-state index contributed by atoms with van der Waals surface area (Å²) in [7, 11) is 0. The van der Waals surface area contributed by atoms with Crippen molar-refractivity contribution >= 4 is 40.1 Å². The largest absolute Gasteiger partial charge is 0.310 e. The highest BCUT2D eigenvalue weighted by molar-refractivity contribution is 8.06. The quantitative estimate of drug-likeness (QED) is 0.526. The number of nitrogens with zero attached hydrogens (tertiary/aromatic N) is 5. The Kier molecular flexibility index (Phi) is 4.96. The van der Waals surface area contributed by atoms with Crippen LogP contribution in [0.4, 0.5) is 5.69 Å². The number of fused-ring (bicyclic) bond motifs is 1. The third kappa shape index (κ3) is 3.28. The van der Waals surface area contributed by atoms with Crippen LogP contribution in [-0.2, 0) is 13.0 Å². The van der Waals surface area contributed by atoms with E-state index in [0.29, 0.717) is 11.4 Å². The standard InChI is InChI=1S/C22H19N5S2/c23-14-17(21-25-24-20-11-5-2-6-12-26(20)21)22-27(16-8-3-1-4-9-16)18(15-29-22)19-10-7-13-28-19/h1,3-4,7-10,13,15H,2,5-6,11-12H2. The Hall–Kier alpha value is -2.82. The van der Waals surface area contributed by atoms with E-state index in [-0.39, 0.29) is 0 Å². The molecular formula is C22H19N5S2. The Morgan fingerprint density at radius 2 is 1.93 bits per heavy atom. The topological polar surface area (TPSA) is 57.7 Å². The van der Waals surface area contributed by atoms with Gasteiger partial charge in [0.05, 0.1) is 10.6 Å². The summed E-state index contributed by atoms with van der Waals surface area (Å²) in [5.74, 6) is 1.68. The summed E-state index contributed by atoms with van der Waals surface area (Å²) in [5.41, 5.74) is 2.72. The molecule has 2 aliphatic rings. The van der Waals surface area contributed by atoms with Crippen molar-refractivity contribution in [3.05, 3.63) is 74.8 Å². The van der Waals surface area contributed by atoms with Gasteiger partial charge in [-0.15, -0.1) is 21.5 Å². The molecule has 0 aliphatic carbocycles. The van der Waals surface area contributed by atoms with Crippen LogP contribution in [0.2, 0.25) is 0 Å². The number of nitriles is 1. The average Bonchev–Trinajstić information content (AvgIpc) is 3.48. The van der Waals surface area contributed by atoms with Crippen molar-refractivity contribution in [2.45, 2.75) is 32.2 Å². The molecule has 5 nitrogen and oxygen atoms in total. The van der Waals surface area contributed by atoms with Crippen molar-refractivity contribution in [1.29, 1.82) is 5.26 Å². The zero-order valence-corrected chi connectivity index (χ0v) is 17.4. The van der Waals surface area contributed by atoms with Crippen LogP contribution < -0.4 is 4.90 Å². The summed E-state index contributed by atoms with van der Waals surface area (Å²) in [5, 5.41) is 24.1. The van der Waals surface area contributed by atoms with E-state index < -0.39 is 0 Å². The molecule has 4 heterocycles. The summed E-state index contributed by atoms with van der Waals surface area (Å²) in [6.45, 7) is 0.872. The second kappa shape index (κ2) is 7.90. The minimum absolute atomic E-state index is 0.585. The van der Waals surface area contributed by atoms with Gasteiger partial charge in [-0.3, -0.25) is 0 Å². The summed E-state index contributed by atoms with van der Waals surface area (Å²) in [6, 6.07) is 16.8. The summed E-state index contributed by atoms with van der Waals surface area (Å²) >= 11 is 3.29. The van der Waals surface area contributed by atoms with Gasteiger partial charge in [0.1, 0.15) is 22.5 Å². The Labute approximate surface area is 178 Å². The molecule has 0 radical (unpaired) electrons. The Morgan fingerprint density at radius 3 is 2.72 bits per heavy atom. The highest BCUT2D eigenvalue weighted by Crippen LogP contribution is 2.46. The highest BCUT2D eigenvalue weighted by Gasteiger charge is 2.30. The maximum Gasteiger partial charge on any atom is 0.177 e. The molecule has 0 atom stereocenters. The van der Waals surface area contributed by atoms with E-state index >= 15 is 0 Å². The summed E-state index contributed by atoms with van der Waals surface area (Å²) in [4.78, 5) is 3.35. The maximum atomic E-state index is 10.2. The minimum Gasteiger partial charge on any atom is -0.310 e. The van der Waals surface area contributed by atoms with Crippen LogP contribution in [0.15, 0.2) is 58.3 Å². The Balaban J connectivity index is 1.66. The van der Waals surface area contributed by atoms with Crippen molar-refractivity contribution < 1.29 is 0 Å². The molecule has 1 aromatic carbocycles. The van der Waals surface area contributed by atoms with Gasteiger partial charge in [-0.05, 0) is 36.4 Å². The molecule has 0 bridgehead atoms. The van der Waals surface area contributed by atoms with Crippen LogP contribution >= 0.6 is 23.1 Å². The fraction of sp³-hybridized carbons (Fsp3) is 0.227. The van der Waals surface area contributed by atoms with E-state index in [1.807, 2.05) is 18.2 Å². The van der Waals surface area contributed by atoms with E-state index in [1.54, 1.807) is 23.1 Å². The number of hydrogen-bond donors (Lipinski definition) is 0. The summed E-state index contributed by atoms with van der Waals surface area (Å²) in [6.07, 6.45) is 4.34. The van der Waals surface area contributed by atoms with Crippen molar-refractivity contribution in [1.82, 2.24) is 14.8 Å². The first kappa shape index (κ1) is 18.2. The Bertz CT molecular complexity index is 1120. The van der Waals surface area contributed by atoms with Gasteiger partial charge in [0, 0.05) is 24.1 Å². The van der Waals surface area contributed by atoms with E-state index in [9.17, 15) is 5.26 Å². The zero-order chi connectivity index (χ0) is 19.6. The number of thioether (sulfide) groups is 1. The number of hydrogen-bond acceptors (Lipinski definition) is 6. The highest BCUT2D eigenvalue weighted by atomic mass is 32.2. The number of aromatic nitrogens is 3. The van der Waals surface area contributed by atoms with Gasteiger partial charge in [-0.25, -0.2) is 0 Å². The first-order valence-corrected chi connectivity index (χ1v) is 11.5. The number of thiophene rings is 1. The van der Waals surface area contributed by atoms with E-state index in [0.717, 1.165) is 48.0 Å². The van der Waals surface area contributed by atoms with Crippen molar-refractivity contribution in [2.75, 3.05) is 4.90 Å². The second-order valence-electron chi connectivity index (χ2n) is 6.96. The number of aryl methyl sites for hydroxylation is 1. The van der Waals surface area contributed by atoms with Gasteiger partial charge < -0.3 is 9.47 Å². The molecule has 2 aromatic heterocycles. The van der Waals surface area contributed by atoms with Crippen LogP contribution in [0.5, 0.6) is 0 Å². The molecule has 144 valence electrons. The zero-order valence-electron chi connectivity index (χ0n) is 15.8. The maximum absolute atomic E-state index is 10.2. The first-order valence-electron chi connectivity index (χ1n) is 9.69. The summed E-state index contributed by atoms with van der Waals surface area (Å²) < 4.78 is 2.14. The molecule has 0 amide bonds. The number of para-hydroxylation sites is 1. The van der Waals surface area contributed by atoms with Crippen molar-refractivity contribution in [3.8, 4) is 6.07 Å². The van der Waals surface area contributed by atoms with Crippen LogP contribution in [0.25, 0.3) is 11.3 Å². The lowest BCUT2D eigenvalue weighted by Crippen LogP contribution is -2.17. The lowest BCUT2D eigenvalue weighted by atomic mass is 10.2. The second-order valence-corrected chi connectivity index (χ2v) is 8.77. The third-order valence-electron chi connectivity index (χ3n) is 5.17. The SMILES string of the molecule is N#CC(=C1SC=C(c2cccs2)N1c1ccccc1)c1nnc2n1CCCCC2. The van der Waals surface area contributed by atoms with Crippen LogP contribution in [-0.4, -0.2) is 14.8 Å². The normalized spacial score (nSPS) is 18.0. The molecule has 0 saturated heterocycles. The minimum atomic E-state index is 0.585. The van der Waals surface area contributed by atoms with Crippen LogP contribution in [0.3, 0.4) is 0 Å². The van der Waals surface area contributed by atoms with Crippen LogP contribution in [0, 0.1) is 11.3 Å². The van der Waals surface area contributed by atoms with Gasteiger partial charge in [0.15, 0.2) is 5.82 Å². The Morgan fingerprint density at radius 1 is 1.03 bits per heavy atom. The van der Waals surface area contributed by atoms with E-state index in [1.165, 1.54) is 11.3 Å². The molecule has 0 fully saturated rings. The lowest BCUT2D eigenvalue weighted by Gasteiger charge is -2.24. The number of anilines is 1. The third-order valence-corrected chi connectivity index (χ3v) is 7.02. The molecule has 3 aromatic rings. The van der Waals surface area contributed by atoms with Crippen molar-refractivity contribution in [2.24, 2.45) is 0 Å². The molecule has 29 heavy (non-hydrogen) atoms. The molecule has 2 aliphatic heterocycles. The fourth-order valence-corrected chi connectivity index (χ4v) is 5.61. The van der Waals surface area contributed by atoms with E-state index in [2.05, 4.69) is 60.8 Å². The number of rotatable bonds is 3. The fourth-order valence-electron chi connectivity index (χ4n) is 3.79. The van der Waals surface area contributed by atoms with Gasteiger partial charge in [0.25, 0.3) is 0 Å². The van der Waals surface area contributed by atoms with Gasteiger partial charge in [-0.2, -0.15) is 5.26 Å². The first-order chi connectivity index (χ1) is 14.4. The molecule has 5 rings (SSSR count). The predicted octanol–water partition coefficient (Wildman–Crippen LogP) is 5.51. The molecule has 7 heteroatoms. The number of benzene rings is 1. The van der Waals surface area contributed by atoms with E-state index in [4.69, 9.17) is 0 Å². The molecule has 0 saturated carbocycles. The number of allylic oxidation sites excluding steroid dienone is 1. The smallest absolute Gasteiger partial charge is 0.177 e. The van der Waals surface area contributed by atoms with Crippen molar-refractivity contribution in [3.63, 3.8) is 0 Å². The molecule has 0 N–H and O–H groups in total. The molecule has 0 unspecified atom stereocenters. The van der Waals surface area contributed by atoms with Crippen LogP contribution in [0.1, 0.15) is 35.8 Å².